The highest BCUT2D eigenvalue weighted by atomic mass is 19.1. The predicted octanol–water partition coefficient (Wildman–Crippen LogP) is 1.07. The molecule has 3 amide bonds. The smallest absolute Gasteiger partial charge is 0.333 e. The molecule has 1 aromatic carbocycles. The van der Waals surface area contributed by atoms with Crippen molar-refractivity contribution in [3.8, 4) is 0 Å². The van der Waals surface area contributed by atoms with E-state index in [-0.39, 0.29) is 23.8 Å². The van der Waals surface area contributed by atoms with E-state index in [1.165, 1.54) is 18.0 Å². The second-order valence-electron chi connectivity index (χ2n) is 8.24. The molecule has 2 saturated heterocycles. The molecule has 1 aromatic rings. The number of carbonyl (C=O) groups excluding carboxylic acids is 2. The number of piperazine rings is 1. The molecule has 4 rings (SSSR count). The molecule has 9 heteroatoms. The van der Waals surface area contributed by atoms with Gasteiger partial charge in [0.2, 0.25) is 0 Å². The van der Waals surface area contributed by atoms with E-state index in [1.807, 2.05) is 30.6 Å². The standard InChI is InChI=1S/C21H28FN6O2/c1-14(2)28-17(23-19-18(28)20(29)25(4)21(30)24(19)3)13-26-9-11-27(12-10-26)16-8-6-5-7-15(16)22/h5-8,14,18H,9-13H2,1-4H3/q+1. The zero-order valence-corrected chi connectivity index (χ0v) is 17.9. The highest BCUT2D eigenvalue weighted by Crippen LogP contribution is 2.23. The number of amidine groups is 2. The zero-order valence-electron chi connectivity index (χ0n) is 17.9. The molecule has 3 aliphatic heterocycles. The number of hydrogen-bond acceptors (Lipinski definition) is 5. The van der Waals surface area contributed by atoms with Gasteiger partial charge in [-0.15, -0.1) is 0 Å². The van der Waals surface area contributed by atoms with Crippen LogP contribution in [0.25, 0.3) is 0 Å². The number of benzene rings is 1. The first-order chi connectivity index (χ1) is 14.3. The second-order valence-corrected chi connectivity index (χ2v) is 8.24. The monoisotopic (exact) mass is 415 g/mol. The van der Waals surface area contributed by atoms with Crippen LogP contribution in [-0.4, -0.2) is 102 Å². The fourth-order valence-corrected chi connectivity index (χ4v) is 4.38. The van der Waals surface area contributed by atoms with Crippen LogP contribution in [0.4, 0.5) is 14.9 Å². The molecule has 8 nitrogen and oxygen atoms in total. The minimum atomic E-state index is -0.563. The maximum Gasteiger partial charge on any atom is 0.333 e. The lowest BCUT2D eigenvalue weighted by Crippen LogP contribution is -2.62. The number of anilines is 1. The van der Waals surface area contributed by atoms with Crippen LogP contribution in [0.15, 0.2) is 29.3 Å². The number of imide groups is 1. The Balaban J connectivity index is 1.52. The van der Waals surface area contributed by atoms with Crippen molar-refractivity contribution >= 4 is 29.3 Å². The van der Waals surface area contributed by atoms with Gasteiger partial charge in [0.1, 0.15) is 12.4 Å². The van der Waals surface area contributed by atoms with Crippen LogP contribution in [0.2, 0.25) is 0 Å². The normalized spacial score (nSPS) is 22.9. The summed E-state index contributed by atoms with van der Waals surface area (Å²) in [6, 6.07) is 5.98. The minimum absolute atomic E-state index is 0.0601. The van der Waals surface area contributed by atoms with Crippen LogP contribution in [0, 0.1) is 5.82 Å². The maximum atomic E-state index is 14.1. The summed E-state index contributed by atoms with van der Waals surface area (Å²) in [5, 5.41) is 0. The summed E-state index contributed by atoms with van der Waals surface area (Å²) in [5.41, 5.74) is 0.634. The Kier molecular flexibility index (Phi) is 5.31. The van der Waals surface area contributed by atoms with Crippen molar-refractivity contribution in [1.82, 2.24) is 14.7 Å². The lowest BCUT2D eigenvalue weighted by atomic mass is 10.1. The molecular weight excluding hydrogens is 387 g/mol. The van der Waals surface area contributed by atoms with Gasteiger partial charge in [-0.1, -0.05) is 12.1 Å². The first-order valence-electron chi connectivity index (χ1n) is 10.3. The SMILES string of the molecule is CC(C)[N+]1=C(CN2CCN(c3ccccc3F)CC2)N=C2C1C(=O)N(C)C(=O)N2C. The van der Waals surface area contributed by atoms with E-state index in [0.717, 1.165) is 36.9 Å². The number of hydrogen-bond donors (Lipinski definition) is 0. The lowest BCUT2D eigenvalue weighted by Gasteiger charge is -2.35. The van der Waals surface area contributed by atoms with E-state index in [1.54, 1.807) is 13.1 Å². The molecule has 2 fully saturated rings. The van der Waals surface area contributed by atoms with Crippen LogP contribution >= 0.6 is 0 Å². The van der Waals surface area contributed by atoms with Gasteiger partial charge in [-0.2, -0.15) is 0 Å². The first kappa shape index (κ1) is 20.5. The van der Waals surface area contributed by atoms with E-state index >= 15 is 0 Å². The quantitative estimate of drug-likeness (QED) is 0.691. The number of nitrogens with zero attached hydrogens (tertiary/aromatic N) is 6. The van der Waals surface area contributed by atoms with E-state index < -0.39 is 6.04 Å². The summed E-state index contributed by atoms with van der Waals surface area (Å²) in [6.07, 6.45) is 0. The molecule has 0 aromatic heterocycles. The number of likely N-dealkylation sites (N-methyl/N-ethyl adjacent to an activating group) is 2. The Morgan fingerprint density at radius 2 is 1.77 bits per heavy atom. The van der Waals surface area contributed by atoms with E-state index in [9.17, 15) is 14.0 Å². The van der Waals surface area contributed by atoms with E-state index in [2.05, 4.69) is 9.80 Å². The lowest BCUT2D eigenvalue weighted by molar-refractivity contribution is -0.566. The van der Waals surface area contributed by atoms with Gasteiger partial charge < -0.3 is 4.90 Å². The number of carbonyl (C=O) groups is 2. The molecule has 0 radical (unpaired) electrons. The average Bonchev–Trinajstić information content (AvgIpc) is 3.11. The van der Waals surface area contributed by atoms with Crippen molar-refractivity contribution in [2.75, 3.05) is 51.7 Å². The van der Waals surface area contributed by atoms with Crippen molar-refractivity contribution < 1.29 is 18.6 Å². The Morgan fingerprint density at radius 3 is 2.40 bits per heavy atom. The van der Waals surface area contributed by atoms with Crippen molar-refractivity contribution in [2.24, 2.45) is 4.99 Å². The Bertz CT molecular complexity index is 935. The summed E-state index contributed by atoms with van der Waals surface area (Å²) in [7, 11) is 3.17. The van der Waals surface area contributed by atoms with Crippen LogP contribution < -0.4 is 4.90 Å². The number of halogens is 1. The number of fused-ring (bicyclic) bond motifs is 1. The van der Waals surface area contributed by atoms with Gasteiger partial charge in [0, 0.05) is 40.3 Å². The molecule has 1 unspecified atom stereocenters. The van der Waals surface area contributed by atoms with Gasteiger partial charge in [-0.25, -0.2) is 13.8 Å². The van der Waals surface area contributed by atoms with Crippen LogP contribution in [-0.2, 0) is 4.79 Å². The Hall–Kier alpha value is -2.81. The zero-order chi connectivity index (χ0) is 21.6. The van der Waals surface area contributed by atoms with E-state index in [4.69, 9.17) is 4.99 Å². The van der Waals surface area contributed by atoms with Crippen molar-refractivity contribution in [3.05, 3.63) is 30.1 Å². The summed E-state index contributed by atoms with van der Waals surface area (Å²) in [5.74, 6) is 0.849. The summed E-state index contributed by atoms with van der Waals surface area (Å²) in [6.45, 7) is 7.61. The largest absolute Gasteiger partial charge is 0.367 e. The number of amides is 3. The molecule has 160 valence electrons. The number of aliphatic imine (C=N–C) groups is 1. The predicted molar refractivity (Wildman–Crippen MR) is 113 cm³/mol. The topological polar surface area (TPSA) is 62.5 Å². The van der Waals surface area contributed by atoms with Crippen molar-refractivity contribution in [3.63, 3.8) is 0 Å². The average molecular weight is 415 g/mol. The highest BCUT2D eigenvalue weighted by Gasteiger charge is 2.53. The minimum Gasteiger partial charge on any atom is -0.367 e. The van der Waals surface area contributed by atoms with Gasteiger partial charge in [0.25, 0.3) is 17.8 Å². The first-order valence-corrected chi connectivity index (χ1v) is 10.3. The third-order valence-electron chi connectivity index (χ3n) is 6.03. The summed E-state index contributed by atoms with van der Waals surface area (Å²) in [4.78, 5) is 36.8. The van der Waals surface area contributed by atoms with Gasteiger partial charge in [0.05, 0.1) is 11.7 Å². The van der Waals surface area contributed by atoms with Crippen molar-refractivity contribution in [2.45, 2.75) is 25.9 Å². The molecule has 0 aliphatic carbocycles. The molecule has 1 atom stereocenters. The number of para-hydroxylation sites is 1. The van der Waals surface area contributed by atoms with Crippen molar-refractivity contribution in [1.29, 1.82) is 0 Å². The van der Waals surface area contributed by atoms with Gasteiger partial charge in [-0.3, -0.25) is 19.5 Å². The fourth-order valence-electron chi connectivity index (χ4n) is 4.38. The highest BCUT2D eigenvalue weighted by molar-refractivity contribution is 6.23. The number of rotatable bonds is 4. The third-order valence-corrected chi connectivity index (χ3v) is 6.03. The van der Waals surface area contributed by atoms with Crippen LogP contribution in [0.3, 0.4) is 0 Å². The summed E-state index contributed by atoms with van der Waals surface area (Å²) < 4.78 is 16.1. The third kappa shape index (κ3) is 3.36. The van der Waals surface area contributed by atoms with Crippen LogP contribution in [0.1, 0.15) is 13.8 Å². The maximum absolute atomic E-state index is 14.1. The molecule has 0 bridgehead atoms. The second kappa shape index (κ2) is 7.79. The molecule has 30 heavy (non-hydrogen) atoms. The van der Waals surface area contributed by atoms with Crippen LogP contribution in [0.5, 0.6) is 0 Å². The van der Waals surface area contributed by atoms with Gasteiger partial charge in [-0.05, 0) is 31.0 Å². The molecule has 3 heterocycles. The van der Waals surface area contributed by atoms with Gasteiger partial charge >= 0.3 is 11.9 Å². The summed E-state index contributed by atoms with van der Waals surface area (Å²) >= 11 is 0. The fraction of sp³-hybridized carbons (Fsp3) is 0.524. The Labute approximate surface area is 175 Å². The number of urea groups is 1. The molecule has 0 N–H and O–H groups in total. The van der Waals surface area contributed by atoms with Gasteiger partial charge in [0.15, 0.2) is 0 Å². The molecule has 0 spiro atoms. The molecule has 0 saturated carbocycles. The Morgan fingerprint density at radius 1 is 1.10 bits per heavy atom. The molecular formula is C21H28FN6O2+. The molecule has 3 aliphatic rings. The van der Waals surface area contributed by atoms with E-state index in [0.29, 0.717) is 18.1 Å².